The van der Waals surface area contributed by atoms with Gasteiger partial charge in [-0.25, -0.2) is 0 Å². The Morgan fingerprint density at radius 3 is 2.54 bits per heavy atom. The average Bonchev–Trinajstić information content (AvgIpc) is 2.10. The summed E-state index contributed by atoms with van der Waals surface area (Å²) >= 11 is 0. The quantitative estimate of drug-likeness (QED) is 0.579. The SMILES string of the molecule is C=CCN(CCC(C)C)C(=O)CC. The van der Waals surface area contributed by atoms with E-state index in [-0.39, 0.29) is 5.91 Å². The summed E-state index contributed by atoms with van der Waals surface area (Å²) < 4.78 is 0. The molecule has 0 heterocycles. The number of carbonyl (C=O) groups excluding carboxylic acids is 1. The van der Waals surface area contributed by atoms with Gasteiger partial charge in [0, 0.05) is 19.5 Å². The van der Waals surface area contributed by atoms with E-state index in [1.165, 1.54) is 0 Å². The van der Waals surface area contributed by atoms with E-state index in [9.17, 15) is 4.79 Å². The molecule has 0 rings (SSSR count). The highest BCUT2D eigenvalue weighted by molar-refractivity contribution is 5.75. The summed E-state index contributed by atoms with van der Waals surface area (Å²) in [6.45, 7) is 11.4. The van der Waals surface area contributed by atoms with Crippen molar-refractivity contribution in [1.82, 2.24) is 4.90 Å². The number of rotatable bonds is 6. The van der Waals surface area contributed by atoms with E-state index >= 15 is 0 Å². The van der Waals surface area contributed by atoms with Gasteiger partial charge in [0.2, 0.25) is 5.91 Å². The first kappa shape index (κ1) is 12.2. The highest BCUT2D eigenvalue weighted by atomic mass is 16.2. The van der Waals surface area contributed by atoms with Crippen LogP contribution in [0.2, 0.25) is 0 Å². The van der Waals surface area contributed by atoms with Crippen LogP contribution in [0.25, 0.3) is 0 Å². The Kier molecular flexibility index (Phi) is 6.29. The number of hydrogen-bond donors (Lipinski definition) is 0. The van der Waals surface area contributed by atoms with Crippen LogP contribution in [0.5, 0.6) is 0 Å². The lowest BCUT2D eigenvalue weighted by Gasteiger charge is -2.21. The van der Waals surface area contributed by atoms with Crippen molar-refractivity contribution in [3.8, 4) is 0 Å². The molecule has 0 aliphatic heterocycles. The molecule has 2 nitrogen and oxygen atoms in total. The fourth-order valence-corrected chi connectivity index (χ4v) is 1.11. The number of nitrogens with zero attached hydrogens (tertiary/aromatic N) is 1. The van der Waals surface area contributed by atoms with E-state index in [1.54, 1.807) is 6.08 Å². The molecule has 0 radical (unpaired) electrons. The minimum Gasteiger partial charge on any atom is -0.339 e. The molecule has 0 atom stereocenters. The minimum absolute atomic E-state index is 0.223. The maximum Gasteiger partial charge on any atom is 0.222 e. The summed E-state index contributed by atoms with van der Waals surface area (Å²) in [5.41, 5.74) is 0. The Morgan fingerprint density at radius 2 is 2.15 bits per heavy atom. The van der Waals surface area contributed by atoms with Crippen molar-refractivity contribution < 1.29 is 4.79 Å². The second-order valence-corrected chi connectivity index (χ2v) is 3.66. The molecule has 0 aromatic heterocycles. The fourth-order valence-electron chi connectivity index (χ4n) is 1.11. The van der Waals surface area contributed by atoms with E-state index < -0.39 is 0 Å². The van der Waals surface area contributed by atoms with E-state index in [2.05, 4.69) is 20.4 Å². The molecule has 76 valence electrons. The van der Waals surface area contributed by atoms with Gasteiger partial charge < -0.3 is 4.90 Å². The van der Waals surface area contributed by atoms with Gasteiger partial charge in [0.05, 0.1) is 0 Å². The molecule has 13 heavy (non-hydrogen) atoms. The topological polar surface area (TPSA) is 20.3 Å². The lowest BCUT2D eigenvalue weighted by Crippen LogP contribution is -2.32. The van der Waals surface area contributed by atoms with Gasteiger partial charge in [0.15, 0.2) is 0 Å². The molecular formula is C11H21NO. The maximum atomic E-state index is 11.4. The van der Waals surface area contributed by atoms with Crippen LogP contribution in [-0.2, 0) is 4.79 Å². The number of carbonyl (C=O) groups is 1. The Morgan fingerprint density at radius 1 is 1.54 bits per heavy atom. The van der Waals surface area contributed by atoms with Gasteiger partial charge in [-0.2, -0.15) is 0 Å². The number of hydrogen-bond acceptors (Lipinski definition) is 1. The molecule has 0 saturated heterocycles. The zero-order valence-electron chi connectivity index (χ0n) is 9.05. The van der Waals surface area contributed by atoms with Crippen molar-refractivity contribution in [2.45, 2.75) is 33.6 Å². The van der Waals surface area contributed by atoms with Crippen LogP contribution < -0.4 is 0 Å². The molecular weight excluding hydrogens is 162 g/mol. The summed E-state index contributed by atoms with van der Waals surface area (Å²) in [7, 11) is 0. The van der Waals surface area contributed by atoms with Crippen molar-refractivity contribution in [3.05, 3.63) is 12.7 Å². The predicted molar refractivity (Wildman–Crippen MR) is 56.5 cm³/mol. The molecule has 1 amide bonds. The molecule has 0 aromatic rings. The van der Waals surface area contributed by atoms with Gasteiger partial charge in [0.25, 0.3) is 0 Å². The van der Waals surface area contributed by atoms with Crippen molar-refractivity contribution in [1.29, 1.82) is 0 Å². The largest absolute Gasteiger partial charge is 0.339 e. The third-order valence-electron chi connectivity index (χ3n) is 1.98. The summed E-state index contributed by atoms with van der Waals surface area (Å²) in [5.74, 6) is 0.873. The molecule has 0 aliphatic carbocycles. The van der Waals surface area contributed by atoms with Gasteiger partial charge >= 0.3 is 0 Å². The molecule has 0 spiro atoms. The second-order valence-electron chi connectivity index (χ2n) is 3.66. The van der Waals surface area contributed by atoms with Crippen molar-refractivity contribution in [2.75, 3.05) is 13.1 Å². The van der Waals surface area contributed by atoms with Gasteiger partial charge in [-0.3, -0.25) is 4.79 Å². The second kappa shape index (κ2) is 6.70. The molecule has 0 fully saturated rings. The van der Waals surface area contributed by atoms with Crippen LogP contribution in [0.3, 0.4) is 0 Å². The van der Waals surface area contributed by atoms with Gasteiger partial charge in [-0.1, -0.05) is 26.8 Å². The minimum atomic E-state index is 0.223. The van der Waals surface area contributed by atoms with Crippen molar-refractivity contribution in [3.63, 3.8) is 0 Å². The zero-order valence-corrected chi connectivity index (χ0v) is 9.05. The zero-order chi connectivity index (χ0) is 10.3. The Hall–Kier alpha value is -0.790. The Labute approximate surface area is 81.6 Å². The standard InChI is InChI=1S/C11H21NO/c1-5-8-12(11(13)6-2)9-7-10(3)4/h5,10H,1,6-9H2,2-4H3. The summed E-state index contributed by atoms with van der Waals surface area (Å²) in [6, 6.07) is 0. The molecule has 0 aliphatic rings. The van der Waals surface area contributed by atoms with Crippen LogP contribution >= 0.6 is 0 Å². The van der Waals surface area contributed by atoms with Crippen LogP contribution in [0.4, 0.5) is 0 Å². The average molecular weight is 183 g/mol. The first-order chi connectivity index (χ1) is 6.11. The van der Waals surface area contributed by atoms with E-state index in [4.69, 9.17) is 0 Å². The lowest BCUT2D eigenvalue weighted by atomic mass is 10.1. The van der Waals surface area contributed by atoms with Crippen LogP contribution in [0.15, 0.2) is 12.7 Å². The Balaban J connectivity index is 3.93. The first-order valence-electron chi connectivity index (χ1n) is 5.00. The monoisotopic (exact) mass is 183 g/mol. The van der Waals surface area contributed by atoms with E-state index in [0.717, 1.165) is 13.0 Å². The van der Waals surface area contributed by atoms with Crippen molar-refractivity contribution in [2.24, 2.45) is 5.92 Å². The summed E-state index contributed by atoms with van der Waals surface area (Å²) in [6.07, 6.45) is 3.44. The third kappa shape index (κ3) is 5.45. The highest BCUT2D eigenvalue weighted by Crippen LogP contribution is 2.03. The van der Waals surface area contributed by atoms with Crippen LogP contribution in [0, 0.1) is 5.92 Å². The third-order valence-corrected chi connectivity index (χ3v) is 1.98. The molecule has 0 unspecified atom stereocenters. The highest BCUT2D eigenvalue weighted by Gasteiger charge is 2.09. The molecule has 0 aromatic carbocycles. The van der Waals surface area contributed by atoms with Gasteiger partial charge in [0.1, 0.15) is 0 Å². The number of amides is 1. The molecule has 0 bridgehead atoms. The molecule has 0 saturated carbocycles. The first-order valence-corrected chi connectivity index (χ1v) is 5.00. The molecule has 0 N–H and O–H groups in total. The predicted octanol–water partition coefficient (Wildman–Crippen LogP) is 2.46. The van der Waals surface area contributed by atoms with Crippen LogP contribution in [0.1, 0.15) is 33.6 Å². The lowest BCUT2D eigenvalue weighted by molar-refractivity contribution is -0.130. The maximum absolute atomic E-state index is 11.4. The smallest absolute Gasteiger partial charge is 0.222 e. The van der Waals surface area contributed by atoms with E-state index in [0.29, 0.717) is 18.9 Å². The van der Waals surface area contributed by atoms with Gasteiger partial charge in [-0.05, 0) is 12.3 Å². The van der Waals surface area contributed by atoms with E-state index in [1.807, 2.05) is 11.8 Å². The summed E-state index contributed by atoms with van der Waals surface area (Å²) in [4.78, 5) is 13.3. The fraction of sp³-hybridized carbons (Fsp3) is 0.727. The normalized spacial score (nSPS) is 10.2. The summed E-state index contributed by atoms with van der Waals surface area (Å²) in [5, 5.41) is 0. The van der Waals surface area contributed by atoms with Crippen LogP contribution in [-0.4, -0.2) is 23.9 Å². The Bertz CT molecular complexity index is 163. The van der Waals surface area contributed by atoms with Crippen molar-refractivity contribution >= 4 is 5.91 Å². The van der Waals surface area contributed by atoms with Gasteiger partial charge in [-0.15, -0.1) is 6.58 Å². The molecule has 2 heteroatoms.